The summed E-state index contributed by atoms with van der Waals surface area (Å²) in [6.45, 7) is 0. The number of hydrogen-bond acceptors (Lipinski definition) is 5. The van der Waals surface area contributed by atoms with Crippen LogP contribution >= 0.6 is 0 Å². The average molecular weight is 392 g/mol. The SMILES string of the molecule is COC(=O)C1=C(N)N(c2ccc(F)cc2)C2=C(C(=O)CCC2)[C@@H]1c1ccccc1. The highest BCUT2D eigenvalue weighted by Gasteiger charge is 2.42. The Morgan fingerprint density at radius 2 is 1.79 bits per heavy atom. The Labute approximate surface area is 168 Å². The van der Waals surface area contributed by atoms with Crippen molar-refractivity contribution in [3.05, 3.63) is 88.6 Å². The van der Waals surface area contributed by atoms with Crippen LogP contribution in [0.5, 0.6) is 0 Å². The summed E-state index contributed by atoms with van der Waals surface area (Å²) in [7, 11) is 1.29. The topological polar surface area (TPSA) is 72.6 Å². The predicted octanol–water partition coefficient (Wildman–Crippen LogP) is 3.78. The minimum atomic E-state index is -0.594. The number of Topliss-reactive ketones (excluding diaryl/α,β-unsaturated/α-hetero) is 1. The predicted molar refractivity (Wildman–Crippen MR) is 107 cm³/mol. The highest BCUT2D eigenvalue weighted by atomic mass is 19.1. The van der Waals surface area contributed by atoms with Crippen molar-refractivity contribution in [1.82, 2.24) is 0 Å². The van der Waals surface area contributed by atoms with E-state index in [1.165, 1.54) is 19.2 Å². The van der Waals surface area contributed by atoms with Crippen LogP contribution in [0.3, 0.4) is 0 Å². The number of anilines is 1. The van der Waals surface area contributed by atoms with Crippen molar-refractivity contribution in [2.24, 2.45) is 5.73 Å². The third-order valence-electron chi connectivity index (χ3n) is 5.42. The Kier molecular flexibility index (Phi) is 4.92. The highest BCUT2D eigenvalue weighted by Crippen LogP contribution is 2.46. The summed E-state index contributed by atoms with van der Waals surface area (Å²) in [5, 5.41) is 0. The van der Waals surface area contributed by atoms with Gasteiger partial charge in [-0.2, -0.15) is 0 Å². The molecule has 1 aliphatic heterocycles. The first-order valence-electron chi connectivity index (χ1n) is 9.47. The summed E-state index contributed by atoms with van der Waals surface area (Å²) in [4.78, 5) is 27.5. The van der Waals surface area contributed by atoms with Gasteiger partial charge in [-0.3, -0.25) is 9.69 Å². The number of nitrogens with two attached hydrogens (primary N) is 1. The lowest BCUT2D eigenvalue weighted by molar-refractivity contribution is -0.136. The lowest BCUT2D eigenvalue weighted by Crippen LogP contribution is -2.40. The van der Waals surface area contributed by atoms with Gasteiger partial charge in [-0.25, -0.2) is 9.18 Å². The molecule has 0 amide bonds. The van der Waals surface area contributed by atoms with Crippen LogP contribution in [-0.4, -0.2) is 18.9 Å². The molecular formula is C23H21FN2O3. The van der Waals surface area contributed by atoms with Gasteiger partial charge in [0.2, 0.25) is 0 Å². The number of ether oxygens (including phenoxy) is 1. The smallest absolute Gasteiger partial charge is 0.338 e. The van der Waals surface area contributed by atoms with Crippen LogP contribution in [0.15, 0.2) is 77.3 Å². The third-order valence-corrected chi connectivity index (χ3v) is 5.42. The standard InChI is InChI=1S/C23H21FN2O3/c1-29-23(28)21-19(14-6-3-2-4-7-14)20-17(8-5-9-18(20)27)26(22(21)25)16-12-10-15(24)11-13-16/h2-4,6-7,10-13,19H,5,8-9,25H2,1H3/t19-/m0/s1. The second-order valence-corrected chi connectivity index (χ2v) is 7.08. The molecule has 148 valence electrons. The first-order valence-corrected chi connectivity index (χ1v) is 9.47. The molecule has 0 saturated heterocycles. The van der Waals surface area contributed by atoms with Crippen LogP contribution in [0.1, 0.15) is 30.7 Å². The maximum Gasteiger partial charge on any atom is 0.338 e. The zero-order chi connectivity index (χ0) is 20.5. The molecule has 0 aromatic heterocycles. The Balaban J connectivity index is 1.99. The molecule has 4 rings (SSSR count). The maximum atomic E-state index is 13.5. The molecule has 2 aromatic carbocycles. The second-order valence-electron chi connectivity index (χ2n) is 7.08. The molecule has 2 aromatic rings. The fraction of sp³-hybridized carbons (Fsp3) is 0.217. The molecule has 2 N–H and O–H groups in total. The Morgan fingerprint density at radius 1 is 1.10 bits per heavy atom. The van der Waals surface area contributed by atoms with Crippen molar-refractivity contribution in [3.8, 4) is 0 Å². The number of halogens is 1. The fourth-order valence-corrected chi connectivity index (χ4v) is 4.16. The Morgan fingerprint density at radius 3 is 2.45 bits per heavy atom. The molecule has 0 fully saturated rings. The van der Waals surface area contributed by atoms with Crippen LogP contribution in [0, 0.1) is 5.82 Å². The third kappa shape index (κ3) is 3.20. The number of esters is 1. The fourth-order valence-electron chi connectivity index (χ4n) is 4.16. The van der Waals surface area contributed by atoms with Gasteiger partial charge in [0.1, 0.15) is 11.6 Å². The largest absolute Gasteiger partial charge is 0.466 e. The van der Waals surface area contributed by atoms with Crippen molar-refractivity contribution >= 4 is 17.4 Å². The summed E-state index contributed by atoms with van der Waals surface area (Å²) in [5.74, 6) is -1.37. The van der Waals surface area contributed by atoms with E-state index in [0.29, 0.717) is 30.5 Å². The van der Waals surface area contributed by atoms with E-state index in [9.17, 15) is 14.0 Å². The highest BCUT2D eigenvalue weighted by molar-refractivity contribution is 6.05. The van der Waals surface area contributed by atoms with Crippen molar-refractivity contribution in [2.75, 3.05) is 12.0 Å². The number of rotatable bonds is 3. The van der Waals surface area contributed by atoms with Gasteiger partial charge in [-0.15, -0.1) is 0 Å². The van der Waals surface area contributed by atoms with Crippen LogP contribution in [-0.2, 0) is 14.3 Å². The second kappa shape index (κ2) is 7.54. The molecule has 1 heterocycles. The number of allylic oxidation sites excluding steroid dienone is 2. The summed E-state index contributed by atoms with van der Waals surface area (Å²) in [5.41, 5.74) is 9.45. The molecule has 1 atom stereocenters. The lowest BCUT2D eigenvalue weighted by atomic mass is 9.75. The lowest BCUT2D eigenvalue weighted by Gasteiger charge is -2.40. The van der Waals surface area contributed by atoms with Gasteiger partial charge in [-0.1, -0.05) is 30.3 Å². The maximum absolute atomic E-state index is 13.5. The van der Waals surface area contributed by atoms with Crippen LogP contribution < -0.4 is 10.6 Å². The Hall–Kier alpha value is -3.41. The molecule has 0 bridgehead atoms. The molecule has 0 saturated carbocycles. The van der Waals surface area contributed by atoms with E-state index in [1.807, 2.05) is 30.3 Å². The molecule has 0 radical (unpaired) electrons. The van der Waals surface area contributed by atoms with E-state index in [1.54, 1.807) is 17.0 Å². The quantitative estimate of drug-likeness (QED) is 0.805. The number of nitrogens with zero attached hydrogens (tertiary/aromatic N) is 1. The van der Waals surface area contributed by atoms with Gasteiger partial charge in [0.05, 0.1) is 18.6 Å². The van der Waals surface area contributed by atoms with Gasteiger partial charge in [0.15, 0.2) is 5.78 Å². The van der Waals surface area contributed by atoms with Gasteiger partial charge < -0.3 is 10.5 Å². The summed E-state index contributed by atoms with van der Waals surface area (Å²) in [6, 6.07) is 15.2. The Bertz CT molecular complexity index is 1030. The van der Waals surface area contributed by atoms with E-state index in [2.05, 4.69) is 0 Å². The summed E-state index contributed by atoms with van der Waals surface area (Å²) >= 11 is 0. The van der Waals surface area contributed by atoms with Crippen molar-refractivity contribution in [2.45, 2.75) is 25.2 Å². The zero-order valence-electron chi connectivity index (χ0n) is 16.0. The van der Waals surface area contributed by atoms with Crippen molar-refractivity contribution in [1.29, 1.82) is 0 Å². The van der Waals surface area contributed by atoms with Gasteiger partial charge in [0, 0.05) is 23.4 Å². The molecule has 29 heavy (non-hydrogen) atoms. The van der Waals surface area contributed by atoms with E-state index in [-0.39, 0.29) is 23.0 Å². The zero-order valence-corrected chi connectivity index (χ0v) is 16.0. The number of carbonyl (C=O) groups is 2. The molecule has 0 unspecified atom stereocenters. The number of benzene rings is 2. The summed E-state index contributed by atoms with van der Waals surface area (Å²) in [6.07, 6.45) is 1.74. The van der Waals surface area contributed by atoms with Crippen molar-refractivity contribution < 1.29 is 18.7 Å². The van der Waals surface area contributed by atoms with Crippen LogP contribution in [0.2, 0.25) is 0 Å². The van der Waals surface area contributed by atoms with Crippen molar-refractivity contribution in [3.63, 3.8) is 0 Å². The number of ketones is 1. The van der Waals surface area contributed by atoms with Gasteiger partial charge >= 0.3 is 5.97 Å². The van der Waals surface area contributed by atoms with E-state index >= 15 is 0 Å². The number of methoxy groups -OCH3 is 1. The van der Waals surface area contributed by atoms with E-state index in [0.717, 1.165) is 11.3 Å². The molecule has 0 spiro atoms. The molecule has 6 heteroatoms. The van der Waals surface area contributed by atoms with E-state index in [4.69, 9.17) is 10.5 Å². The number of carbonyl (C=O) groups excluding carboxylic acids is 2. The first kappa shape index (κ1) is 18.9. The van der Waals surface area contributed by atoms with E-state index < -0.39 is 11.9 Å². The monoisotopic (exact) mass is 392 g/mol. The van der Waals surface area contributed by atoms with Gasteiger partial charge in [0.25, 0.3) is 0 Å². The van der Waals surface area contributed by atoms with Crippen LogP contribution in [0.4, 0.5) is 10.1 Å². The minimum absolute atomic E-state index is 0.0129. The van der Waals surface area contributed by atoms with Gasteiger partial charge in [-0.05, 0) is 42.7 Å². The molecule has 2 aliphatic rings. The molecular weight excluding hydrogens is 371 g/mol. The summed E-state index contributed by atoms with van der Waals surface area (Å²) < 4.78 is 18.5. The first-order chi connectivity index (χ1) is 14.0. The number of hydrogen-bond donors (Lipinski definition) is 1. The average Bonchev–Trinajstić information content (AvgIpc) is 2.74. The molecule has 5 nitrogen and oxygen atoms in total. The van der Waals surface area contributed by atoms with Crippen LogP contribution in [0.25, 0.3) is 0 Å². The normalized spacial score (nSPS) is 19.3. The minimum Gasteiger partial charge on any atom is -0.466 e. The molecule has 1 aliphatic carbocycles.